The van der Waals surface area contributed by atoms with Gasteiger partial charge in [0.05, 0.1) is 18.5 Å². The molecule has 0 aliphatic heterocycles. The molecule has 1 aliphatic rings. The van der Waals surface area contributed by atoms with Gasteiger partial charge in [-0.3, -0.25) is 9.36 Å². The van der Waals surface area contributed by atoms with E-state index in [9.17, 15) is 9.90 Å². The molecule has 3 aromatic rings. The normalized spacial score (nSPS) is 20.4. The maximum absolute atomic E-state index is 12.9. The first kappa shape index (κ1) is 16.8. The van der Waals surface area contributed by atoms with Gasteiger partial charge >= 0.3 is 0 Å². The van der Waals surface area contributed by atoms with Crippen LogP contribution >= 0.6 is 0 Å². The number of fused-ring (bicyclic) bond motifs is 1. The van der Waals surface area contributed by atoms with Gasteiger partial charge in [0, 0.05) is 13.6 Å². The molecule has 1 aliphatic carbocycles. The fourth-order valence-electron chi connectivity index (χ4n) is 3.58. The fraction of sp³-hybridized carbons (Fsp3) is 0.421. The van der Waals surface area contributed by atoms with Crippen LogP contribution in [0.1, 0.15) is 31.2 Å². The zero-order valence-electron chi connectivity index (χ0n) is 14.8. The van der Waals surface area contributed by atoms with Gasteiger partial charge in [0.15, 0.2) is 11.2 Å². The summed E-state index contributed by atoms with van der Waals surface area (Å²) in [4.78, 5) is 21.8. The second-order valence-electron chi connectivity index (χ2n) is 6.93. The highest BCUT2D eigenvalue weighted by Crippen LogP contribution is 2.21. The molecule has 2 aromatic heterocycles. The molecular formula is C19H23N5O2. The van der Waals surface area contributed by atoms with Crippen molar-refractivity contribution in [3.05, 3.63) is 52.6 Å². The highest BCUT2D eigenvalue weighted by Gasteiger charge is 2.24. The first-order valence-electron chi connectivity index (χ1n) is 9.04. The van der Waals surface area contributed by atoms with Crippen molar-refractivity contribution in [1.82, 2.24) is 19.1 Å². The number of hydrogen-bond donors (Lipinski definition) is 2. The van der Waals surface area contributed by atoms with Gasteiger partial charge < -0.3 is 15.0 Å². The highest BCUT2D eigenvalue weighted by molar-refractivity contribution is 5.71. The summed E-state index contributed by atoms with van der Waals surface area (Å²) in [7, 11) is 1.70. The van der Waals surface area contributed by atoms with Gasteiger partial charge in [-0.15, -0.1) is 0 Å². The van der Waals surface area contributed by atoms with Crippen LogP contribution in [0.5, 0.6) is 0 Å². The maximum atomic E-state index is 12.9. The molecule has 2 atom stereocenters. The Balaban J connectivity index is 1.68. The largest absolute Gasteiger partial charge is 0.391 e. The van der Waals surface area contributed by atoms with Crippen LogP contribution in [0.25, 0.3) is 11.2 Å². The van der Waals surface area contributed by atoms with Gasteiger partial charge in [-0.2, -0.15) is 4.98 Å². The van der Waals surface area contributed by atoms with Crippen LogP contribution in [0.15, 0.2) is 41.5 Å². The van der Waals surface area contributed by atoms with Crippen molar-refractivity contribution in [2.45, 2.75) is 44.4 Å². The van der Waals surface area contributed by atoms with Gasteiger partial charge in [0.1, 0.15) is 0 Å². The Hall–Kier alpha value is -2.67. The summed E-state index contributed by atoms with van der Waals surface area (Å²) in [6.45, 7) is 0.572. The number of rotatable bonds is 4. The number of imidazole rings is 1. The summed E-state index contributed by atoms with van der Waals surface area (Å²) in [6, 6.07) is 9.87. The number of aromatic nitrogens is 4. The number of nitrogens with one attached hydrogen (secondary N) is 1. The Morgan fingerprint density at radius 2 is 2.00 bits per heavy atom. The summed E-state index contributed by atoms with van der Waals surface area (Å²) in [6.07, 6.45) is 5.00. The first-order chi connectivity index (χ1) is 12.6. The van der Waals surface area contributed by atoms with Crippen LogP contribution in [0, 0.1) is 0 Å². The molecule has 26 heavy (non-hydrogen) atoms. The predicted octanol–water partition coefficient (Wildman–Crippen LogP) is 1.89. The lowest BCUT2D eigenvalue weighted by Gasteiger charge is -2.29. The molecule has 2 N–H and O–H groups in total. The molecule has 4 rings (SSSR count). The molecule has 7 nitrogen and oxygen atoms in total. The molecule has 0 amide bonds. The third kappa shape index (κ3) is 3.10. The molecular weight excluding hydrogens is 330 g/mol. The summed E-state index contributed by atoms with van der Waals surface area (Å²) >= 11 is 0. The average Bonchev–Trinajstić information content (AvgIpc) is 3.04. The third-order valence-corrected chi connectivity index (χ3v) is 5.09. The Morgan fingerprint density at radius 3 is 2.77 bits per heavy atom. The van der Waals surface area contributed by atoms with Crippen molar-refractivity contribution in [2.24, 2.45) is 7.05 Å². The Kier molecular flexibility index (Phi) is 4.46. The van der Waals surface area contributed by atoms with E-state index >= 15 is 0 Å². The smallest absolute Gasteiger partial charge is 0.280 e. The molecule has 7 heteroatoms. The SMILES string of the molecule is Cn1c(NC2CCCCC2O)nc2ncn(Cc3ccccc3)c2c1=O. The van der Waals surface area contributed by atoms with Crippen LogP contribution in [-0.4, -0.2) is 36.4 Å². The van der Waals surface area contributed by atoms with Crippen LogP contribution in [0.4, 0.5) is 5.95 Å². The Labute approximate surface area is 151 Å². The van der Waals surface area contributed by atoms with E-state index < -0.39 is 6.10 Å². The zero-order valence-corrected chi connectivity index (χ0v) is 14.8. The first-order valence-corrected chi connectivity index (χ1v) is 9.04. The van der Waals surface area contributed by atoms with Gasteiger partial charge in [-0.1, -0.05) is 43.2 Å². The van der Waals surface area contributed by atoms with E-state index in [1.807, 2.05) is 34.9 Å². The summed E-state index contributed by atoms with van der Waals surface area (Å²) in [5.41, 5.74) is 1.88. The zero-order chi connectivity index (χ0) is 18.1. The van der Waals surface area contributed by atoms with E-state index in [1.54, 1.807) is 13.4 Å². The molecule has 2 unspecified atom stereocenters. The molecule has 0 radical (unpaired) electrons. The number of aliphatic hydroxyl groups excluding tert-OH is 1. The van der Waals surface area contributed by atoms with Crippen molar-refractivity contribution in [2.75, 3.05) is 5.32 Å². The maximum Gasteiger partial charge on any atom is 0.280 e. The predicted molar refractivity (Wildman–Crippen MR) is 100 cm³/mol. The minimum absolute atomic E-state index is 0.0781. The second kappa shape index (κ2) is 6.92. The molecule has 1 saturated carbocycles. The number of nitrogens with zero attached hydrogens (tertiary/aromatic N) is 4. The molecule has 1 aromatic carbocycles. The Bertz CT molecular complexity index is 963. The van der Waals surface area contributed by atoms with Gasteiger partial charge in [0.25, 0.3) is 5.56 Å². The summed E-state index contributed by atoms with van der Waals surface area (Å²) < 4.78 is 3.34. The summed E-state index contributed by atoms with van der Waals surface area (Å²) in [5, 5.41) is 13.4. The van der Waals surface area contributed by atoms with E-state index in [4.69, 9.17) is 0 Å². The Morgan fingerprint density at radius 1 is 1.23 bits per heavy atom. The van der Waals surface area contributed by atoms with Crippen molar-refractivity contribution in [3.63, 3.8) is 0 Å². The van der Waals surface area contributed by atoms with Gasteiger partial charge in [-0.25, -0.2) is 4.98 Å². The minimum atomic E-state index is -0.410. The molecule has 0 bridgehead atoms. The molecule has 136 valence electrons. The van der Waals surface area contributed by atoms with E-state index in [1.165, 1.54) is 4.57 Å². The van der Waals surface area contributed by atoms with Crippen LogP contribution in [-0.2, 0) is 13.6 Å². The van der Waals surface area contributed by atoms with Crippen LogP contribution < -0.4 is 10.9 Å². The van der Waals surface area contributed by atoms with E-state index in [2.05, 4.69) is 15.3 Å². The average molecular weight is 353 g/mol. The molecule has 0 saturated heterocycles. The monoisotopic (exact) mass is 353 g/mol. The number of anilines is 1. The van der Waals surface area contributed by atoms with Gasteiger partial charge in [-0.05, 0) is 18.4 Å². The number of aliphatic hydroxyl groups is 1. The molecule has 2 heterocycles. The van der Waals surface area contributed by atoms with E-state index in [-0.39, 0.29) is 11.6 Å². The summed E-state index contributed by atoms with van der Waals surface area (Å²) in [5.74, 6) is 0.457. The lowest BCUT2D eigenvalue weighted by molar-refractivity contribution is 0.116. The van der Waals surface area contributed by atoms with Crippen molar-refractivity contribution in [3.8, 4) is 0 Å². The van der Waals surface area contributed by atoms with E-state index in [0.29, 0.717) is 23.7 Å². The quantitative estimate of drug-likeness (QED) is 0.748. The molecule has 0 spiro atoms. The third-order valence-electron chi connectivity index (χ3n) is 5.09. The van der Waals surface area contributed by atoms with Crippen LogP contribution in [0.2, 0.25) is 0 Å². The lowest BCUT2D eigenvalue weighted by atomic mass is 9.93. The number of hydrogen-bond acceptors (Lipinski definition) is 5. The fourth-order valence-corrected chi connectivity index (χ4v) is 3.58. The van der Waals surface area contributed by atoms with Crippen molar-refractivity contribution < 1.29 is 5.11 Å². The van der Waals surface area contributed by atoms with Crippen molar-refractivity contribution in [1.29, 1.82) is 0 Å². The standard InChI is InChI=1S/C19H23N5O2/c1-23-18(26)16-17(20-12-24(16)11-13-7-3-2-4-8-13)22-19(23)21-14-9-5-6-10-15(14)25/h2-4,7-8,12,14-15,25H,5-6,9-11H2,1H3,(H,21,22). The minimum Gasteiger partial charge on any atom is -0.391 e. The van der Waals surface area contributed by atoms with Crippen LogP contribution in [0.3, 0.4) is 0 Å². The van der Waals surface area contributed by atoms with Crippen molar-refractivity contribution >= 4 is 17.1 Å². The molecule has 1 fully saturated rings. The number of benzene rings is 1. The van der Waals surface area contributed by atoms with Gasteiger partial charge in [0.2, 0.25) is 5.95 Å². The topological polar surface area (TPSA) is 85.0 Å². The lowest BCUT2D eigenvalue weighted by Crippen LogP contribution is -2.38. The second-order valence-corrected chi connectivity index (χ2v) is 6.93. The highest BCUT2D eigenvalue weighted by atomic mass is 16.3. The van der Waals surface area contributed by atoms with E-state index in [0.717, 1.165) is 31.2 Å².